The number of aromatic nitrogens is 2. The van der Waals surface area contributed by atoms with E-state index in [2.05, 4.69) is 20.2 Å². The van der Waals surface area contributed by atoms with Gasteiger partial charge in [-0.15, -0.1) is 0 Å². The highest BCUT2D eigenvalue weighted by Gasteiger charge is 2.13. The largest absolute Gasteiger partial charge is 0.497 e. The Morgan fingerprint density at radius 3 is 2.60 bits per heavy atom. The second-order valence-corrected chi connectivity index (χ2v) is 5.84. The highest BCUT2D eigenvalue weighted by molar-refractivity contribution is 5.91. The first-order chi connectivity index (χ1) is 12.2. The van der Waals surface area contributed by atoms with Gasteiger partial charge in [0.15, 0.2) is 6.61 Å². The Morgan fingerprint density at radius 1 is 1.16 bits per heavy atom. The summed E-state index contributed by atoms with van der Waals surface area (Å²) >= 11 is 0. The SMILES string of the molecule is COc1cccc(OCC(=O)Nc2cnc(N3CCCCC3)nc2)c1. The first kappa shape index (κ1) is 17.0. The zero-order valence-electron chi connectivity index (χ0n) is 14.3. The Bertz CT molecular complexity index is 700. The zero-order valence-corrected chi connectivity index (χ0v) is 14.3. The first-order valence-electron chi connectivity index (χ1n) is 8.38. The van der Waals surface area contributed by atoms with Gasteiger partial charge in [-0.25, -0.2) is 9.97 Å². The van der Waals surface area contributed by atoms with Crippen LogP contribution < -0.4 is 19.7 Å². The third kappa shape index (κ3) is 4.82. The molecule has 2 aromatic rings. The summed E-state index contributed by atoms with van der Waals surface area (Å²) in [5, 5.41) is 2.73. The minimum absolute atomic E-state index is 0.0962. The molecule has 0 saturated carbocycles. The minimum atomic E-state index is -0.267. The summed E-state index contributed by atoms with van der Waals surface area (Å²) in [6.45, 7) is 1.88. The number of hydrogen-bond donors (Lipinski definition) is 1. The number of hydrogen-bond acceptors (Lipinski definition) is 6. The lowest BCUT2D eigenvalue weighted by molar-refractivity contribution is -0.118. The van der Waals surface area contributed by atoms with Gasteiger partial charge in [-0.05, 0) is 31.4 Å². The Balaban J connectivity index is 1.50. The molecule has 25 heavy (non-hydrogen) atoms. The third-order valence-electron chi connectivity index (χ3n) is 3.97. The van der Waals surface area contributed by atoms with Gasteiger partial charge in [-0.3, -0.25) is 4.79 Å². The molecule has 1 saturated heterocycles. The average Bonchev–Trinajstić information content (AvgIpc) is 2.68. The topological polar surface area (TPSA) is 76.6 Å². The van der Waals surface area contributed by atoms with Crippen LogP contribution in [0.1, 0.15) is 19.3 Å². The summed E-state index contributed by atoms with van der Waals surface area (Å²) in [5.41, 5.74) is 0.556. The molecule has 0 radical (unpaired) electrons. The summed E-state index contributed by atoms with van der Waals surface area (Å²) in [6.07, 6.45) is 6.85. The molecule has 0 atom stereocenters. The van der Waals surface area contributed by atoms with E-state index in [-0.39, 0.29) is 12.5 Å². The molecule has 0 bridgehead atoms. The van der Waals surface area contributed by atoms with E-state index in [1.165, 1.54) is 19.3 Å². The van der Waals surface area contributed by atoms with E-state index in [0.29, 0.717) is 23.1 Å². The number of rotatable bonds is 6. The first-order valence-corrected chi connectivity index (χ1v) is 8.38. The van der Waals surface area contributed by atoms with Crippen molar-refractivity contribution in [1.82, 2.24) is 9.97 Å². The number of piperidine rings is 1. The fraction of sp³-hybridized carbons (Fsp3) is 0.389. The number of ether oxygens (including phenoxy) is 2. The molecule has 2 heterocycles. The molecule has 0 unspecified atom stereocenters. The Morgan fingerprint density at radius 2 is 1.88 bits per heavy atom. The molecule has 1 aliphatic heterocycles. The minimum Gasteiger partial charge on any atom is -0.497 e. The number of methoxy groups -OCH3 is 1. The van der Waals surface area contributed by atoms with Crippen LogP contribution in [-0.2, 0) is 4.79 Å². The van der Waals surface area contributed by atoms with E-state index >= 15 is 0 Å². The van der Waals surface area contributed by atoms with Crippen LogP contribution in [-0.4, -0.2) is 42.7 Å². The zero-order chi connectivity index (χ0) is 17.5. The van der Waals surface area contributed by atoms with Gasteiger partial charge in [-0.2, -0.15) is 0 Å². The Labute approximate surface area is 147 Å². The summed E-state index contributed by atoms with van der Waals surface area (Å²) in [4.78, 5) is 22.8. The van der Waals surface area contributed by atoms with Gasteiger partial charge >= 0.3 is 0 Å². The molecule has 1 aromatic carbocycles. The molecule has 1 amide bonds. The van der Waals surface area contributed by atoms with Crippen molar-refractivity contribution in [2.75, 3.05) is 37.0 Å². The van der Waals surface area contributed by atoms with Gasteiger partial charge in [0.1, 0.15) is 11.5 Å². The molecule has 1 N–H and O–H groups in total. The predicted molar refractivity (Wildman–Crippen MR) is 95.2 cm³/mol. The predicted octanol–water partition coefficient (Wildman–Crippen LogP) is 2.49. The molecular weight excluding hydrogens is 320 g/mol. The highest BCUT2D eigenvalue weighted by Crippen LogP contribution is 2.19. The summed E-state index contributed by atoms with van der Waals surface area (Å²) in [6, 6.07) is 7.11. The van der Waals surface area contributed by atoms with Gasteiger partial charge in [0.2, 0.25) is 5.95 Å². The van der Waals surface area contributed by atoms with Crippen molar-refractivity contribution in [3.8, 4) is 11.5 Å². The second-order valence-electron chi connectivity index (χ2n) is 5.84. The van der Waals surface area contributed by atoms with Gasteiger partial charge in [0, 0.05) is 19.2 Å². The van der Waals surface area contributed by atoms with Crippen molar-refractivity contribution in [2.24, 2.45) is 0 Å². The standard InChI is InChI=1S/C18H22N4O3/c1-24-15-6-5-7-16(10-15)25-13-17(23)21-14-11-19-18(20-12-14)22-8-3-2-4-9-22/h5-7,10-12H,2-4,8-9,13H2,1H3,(H,21,23). The van der Waals surface area contributed by atoms with E-state index in [1.54, 1.807) is 37.7 Å². The molecule has 1 aliphatic rings. The number of anilines is 2. The number of carbonyl (C=O) groups is 1. The quantitative estimate of drug-likeness (QED) is 0.869. The lowest BCUT2D eigenvalue weighted by Gasteiger charge is -2.26. The number of amides is 1. The molecule has 0 spiro atoms. The van der Waals surface area contributed by atoms with Crippen LogP contribution in [0.4, 0.5) is 11.6 Å². The Kier molecular flexibility index (Phi) is 5.66. The molecule has 7 heteroatoms. The van der Waals surface area contributed by atoms with Crippen molar-refractivity contribution >= 4 is 17.5 Å². The number of benzene rings is 1. The lowest BCUT2D eigenvalue weighted by Crippen LogP contribution is -2.31. The van der Waals surface area contributed by atoms with Crippen LogP contribution in [0.2, 0.25) is 0 Å². The summed E-state index contributed by atoms with van der Waals surface area (Å²) in [7, 11) is 1.58. The monoisotopic (exact) mass is 342 g/mol. The van der Waals surface area contributed by atoms with Gasteiger partial charge in [0.05, 0.1) is 25.2 Å². The summed E-state index contributed by atoms with van der Waals surface area (Å²) in [5.74, 6) is 1.70. The van der Waals surface area contributed by atoms with Crippen LogP contribution in [0.5, 0.6) is 11.5 Å². The van der Waals surface area contributed by atoms with Crippen LogP contribution in [0.15, 0.2) is 36.7 Å². The molecule has 7 nitrogen and oxygen atoms in total. The number of nitrogens with one attached hydrogen (secondary N) is 1. The third-order valence-corrected chi connectivity index (χ3v) is 3.97. The lowest BCUT2D eigenvalue weighted by atomic mass is 10.1. The molecule has 0 aliphatic carbocycles. The molecule has 3 rings (SSSR count). The number of nitrogens with zero attached hydrogens (tertiary/aromatic N) is 3. The van der Waals surface area contributed by atoms with Crippen LogP contribution >= 0.6 is 0 Å². The van der Waals surface area contributed by atoms with Gasteiger partial charge in [0.25, 0.3) is 5.91 Å². The van der Waals surface area contributed by atoms with Crippen molar-refractivity contribution in [3.63, 3.8) is 0 Å². The van der Waals surface area contributed by atoms with Crippen LogP contribution in [0, 0.1) is 0 Å². The van der Waals surface area contributed by atoms with Crippen molar-refractivity contribution in [1.29, 1.82) is 0 Å². The van der Waals surface area contributed by atoms with Crippen LogP contribution in [0.25, 0.3) is 0 Å². The van der Waals surface area contributed by atoms with E-state index in [4.69, 9.17) is 9.47 Å². The van der Waals surface area contributed by atoms with Crippen molar-refractivity contribution < 1.29 is 14.3 Å². The summed E-state index contributed by atoms with van der Waals surface area (Å²) < 4.78 is 10.6. The smallest absolute Gasteiger partial charge is 0.262 e. The fourth-order valence-corrected chi connectivity index (χ4v) is 2.68. The number of carbonyl (C=O) groups excluding carboxylic acids is 1. The van der Waals surface area contributed by atoms with Crippen molar-refractivity contribution in [3.05, 3.63) is 36.7 Å². The van der Waals surface area contributed by atoms with E-state index in [0.717, 1.165) is 13.1 Å². The molecule has 1 fully saturated rings. The average molecular weight is 342 g/mol. The molecular formula is C18H22N4O3. The highest BCUT2D eigenvalue weighted by atomic mass is 16.5. The van der Waals surface area contributed by atoms with Crippen molar-refractivity contribution in [2.45, 2.75) is 19.3 Å². The second kappa shape index (κ2) is 8.32. The van der Waals surface area contributed by atoms with Crippen LogP contribution in [0.3, 0.4) is 0 Å². The Hall–Kier alpha value is -2.83. The van der Waals surface area contributed by atoms with E-state index in [1.807, 2.05) is 6.07 Å². The maximum absolute atomic E-state index is 12.0. The normalized spacial score (nSPS) is 14.0. The van der Waals surface area contributed by atoms with E-state index in [9.17, 15) is 4.79 Å². The molecule has 1 aromatic heterocycles. The molecule has 132 valence electrons. The van der Waals surface area contributed by atoms with Gasteiger partial charge in [-0.1, -0.05) is 6.07 Å². The maximum Gasteiger partial charge on any atom is 0.262 e. The van der Waals surface area contributed by atoms with E-state index < -0.39 is 0 Å². The maximum atomic E-state index is 12.0. The fourth-order valence-electron chi connectivity index (χ4n) is 2.68. The van der Waals surface area contributed by atoms with Gasteiger partial charge < -0.3 is 19.7 Å².